The van der Waals surface area contributed by atoms with Gasteiger partial charge in [-0.05, 0) is 24.7 Å². The molecule has 1 aromatic heterocycles. The molecule has 6 heteroatoms. The van der Waals surface area contributed by atoms with Crippen LogP contribution in [0.25, 0.3) is 10.9 Å². The predicted octanol–water partition coefficient (Wildman–Crippen LogP) is 2.01. The standard InChI is InChI=1S/C14H19ClN4O/c1-2-19(7-8-20)6-5-16-14-12-4-3-11(15)9-13(12)17-10-18-14/h3-4,9-10,20H,2,5-8H2,1H3,(H,16,17,18). The smallest absolute Gasteiger partial charge is 0.137 e. The van der Waals surface area contributed by atoms with E-state index in [0.717, 1.165) is 36.4 Å². The molecule has 20 heavy (non-hydrogen) atoms. The highest BCUT2D eigenvalue weighted by atomic mass is 35.5. The minimum atomic E-state index is 0.183. The molecule has 1 heterocycles. The molecular formula is C14H19ClN4O. The molecule has 0 fully saturated rings. The third-order valence-electron chi connectivity index (χ3n) is 3.18. The van der Waals surface area contributed by atoms with Crippen LogP contribution in [0, 0.1) is 0 Å². The Bertz CT molecular complexity index is 564. The summed E-state index contributed by atoms with van der Waals surface area (Å²) in [6.07, 6.45) is 1.53. The lowest BCUT2D eigenvalue weighted by atomic mass is 10.2. The Morgan fingerprint density at radius 3 is 2.90 bits per heavy atom. The highest BCUT2D eigenvalue weighted by Gasteiger charge is 2.05. The number of nitrogens with one attached hydrogen (secondary N) is 1. The van der Waals surface area contributed by atoms with E-state index in [1.54, 1.807) is 0 Å². The quantitative estimate of drug-likeness (QED) is 0.818. The van der Waals surface area contributed by atoms with Gasteiger partial charge in [-0.15, -0.1) is 0 Å². The topological polar surface area (TPSA) is 61.3 Å². The molecule has 5 nitrogen and oxygen atoms in total. The molecule has 0 saturated carbocycles. The van der Waals surface area contributed by atoms with Gasteiger partial charge in [0.25, 0.3) is 0 Å². The number of aliphatic hydroxyl groups excluding tert-OH is 1. The first-order valence-electron chi connectivity index (χ1n) is 6.72. The fourth-order valence-corrected chi connectivity index (χ4v) is 2.24. The minimum absolute atomic E-state index is 0.183. The van der Waals surface area contributed by atoms with Crippen LogP contribution < -0.4 is 5.32 Å². The van der Waals surface area contributed by atoms with Crippen molar-refractivity contribution in [2.45, 2.75) is 6.92 Å². The van der Waals surface area contributed by atoms with Crippen molar-refractivity contribution in [2.75, 3.05) is 38.1 Å². The average Bonchev–Trinajstić information content (AvgIpc) is 2.46. The summed E-state index contributed by atoms with van der Waals surface area (Å²) >= 11 is 5.96. The maximum Gasteiger partial charge on any atom is 0.137 e. The Morgan fingerprint density at radius 1 is 1.30 bits per heavy atom. The van der Waals surface area contributed by atoms with E-state index in [1.807, 2.05) is 18.2 Å². The third kappa shape index (κ3) is 3.79. The van der Waals surface area contributed by atoms with Gasteiger partial charge in [-0.3, -0.25) is 4.90 Å². The van der Waals surface area contributed by atoms with Crippen molar-refractivity contribution in [3.8, 4) is 0 Å². The van der Waals surface area contributed by atoms with Gasteiger partial charge in [0.1, 0.15) is 12.1 Å². The number of anilines is 1. The molecule has 1 aromatic carbocycles. The number of halogens is 1. The van der Waals surface area contributed by atoms with Gasteiger partial charge in [0.2, 0.25) is 0 Å². The van der Waals surface area contributed by atoms with Crippen molar-refractivity contribution in [2.24, 2.45) is 0 Å². The fourth-order valence-electron chi connectivity index (χ4n) is 2.07. The zero-order chi connectivity index (χ0) is 14.4. The molecule has 2 N–H and O–H groups in total. The summed E-state index contributed by atoms with van der Waals surface area (Å²) in [5, 5.41) is 13.9. The summed E-state index contributed by atoms with van der Waals surface area (Å²) in [7, 11) is 0. The Morgan fingerprint density at radius 2 is 2.15 bits per heavy atom. The normalized spacial score (nSPS) is 11.2. The van der Waals surface area contributed by atoms with Crippen LogP contribution >= 0.6 is 11.6 Å². The molecule has 2 rings (SSSR count). The van der Waals surface area contributed by atoms with Gasteiger partial charge in [0.15, 0.2) is 0 Å². The van der Waals surface area contributed by atoms with Crippen molar-refractivity contribution in [3.63, 3.8) is 0 Å². The maximum absolute atomic E-state index is 8.96. The van der Waals surface area contributed by atoms with Crippen LogP contribution in [0.5, 0.6) is 0 Å². The number of hydrogen-bond donors (Lipinski definition) is 2. The third-order valence-corrected chi connectivity index (χ3v) is 3.42. The number of aliphatic hydroxyl groups is 1. The van der Waals surface area contributed by atoms with Crippen molar-refractivity contribution in [3.05, 3.63) is 29.5 Å². The van der Waals surface area contributed by atoms with Gasteiger partial charge < -0.3 is 10.4 Å². The molecule has 0 atom stereocenters. The zero-order valence-corrected chi connectivity index (χ0v) is 12.3. The Labute approximate surface area is 123 Å². The second kappa shape index (κ2) is 7.38. The monoisotopic (exact) mass is 294 g/mol. The van der Waals surface area contributed by atoms with E-state index < -0.39 is 0 Å². The molecule has 0 aliphatic carbocycles. The number of aromatic nitrogens is 2. The van der Waals surface area contributed by atoms with Crippen molar-refractivity contribution >= 4 is 28.3 Å². The summed E-state index contributed by atoms with van der Waals surface area (Å²) in [6, 6.07) is 5.59. The summed E-state index contributed by atoms with van der Waals surface area (Å²) in [5.74, 6) is 0.812. The van der Waals surface area contributed by atoms with Gasteiger partial charge in [0.05, 0.1) is 12.1 Å². The van der Waals surface area contributed by atoms with Gasteiger partial charge in [-0.25, -0.2) is 9.97 Å². The van der Waals surface area contributed by atoms with Crippen LogP contribution in [0.1, 0.15) is 6.92 Å². The largest absolute Gasteiger partial charge is 0.395 e. The van der Waals surface area contributed by atoms with Crippen LogP contribution in [-0.4, -0.2) is 52.8 Å². The number of hydrogen-bond acceptors (Lipinski definition) is 5. The molecular weight excluding hydrogens is 276 g/mol. The summed E-state index contributed by atoms with van der Waals surface area (Å²) < 4.78 is 0. The second-order valence-electron chi connectivity index (χ2n) is 4.47. The summed E-state index contributed by atoms with van der Waals surface area (Å²) in [5.41, 5.74) is 0.831. The average molecular weight is 295 g/mol. The molecule has 2 aromatic rings. The second-order valence-corrected chi connectivity index (χ2v) is 4.90. The lowest BCUT2D eigenvalue weighted by molar-refractivity contribution is 0.206. The number of benzene rings is 1. The van der Waals surface area contributed by atoms with Gasteiger partial charge in [-0.1, -0.05) is 18.5 Å². The number of likely N-dealkylation sites (N-methyl/N-ethyl adjacent to an activating group) is 1. The van der Waals surface area contributed by atoms with E-state index in [1.165, 1.54) is 6.33 Å². The first-order valence-corrected chi connectivity index (χ1v) is 7.09. The molecule has 0 aliphatic heterocycles. The summed E-state index contributed by atoms with van der Waals surface area (Å²) in [4.78, 5) is 10.7. The van der Waals surface area contributed by atoms with E-state index in [-0.39, 0.29) is 6.61 Å². The summed E-state index contributed by atoms with van der Waals surface area (Å²) in [6.45, 7) is 5.50. The van der Waals surface area contributed by atoms with E-state index >= 15 is 0 Å². The Balaban J connectivity index is 2.03. The van der Waals surface area contributed by atoms with E-state index in [9.17, 15) is 0 Å². The Kier molecular flexibility index (Phi) is 5.52. The van der Waals surface area contributed by atoms with Crippen molar-refractivity contribution in [1.82, 2.24) is 14.9 Å². The van der Waals surface area contributed by atoms with Crippen molar-refractivity contribution < 1.29 is 5.11 Å². The van der Waals surface area contributed by atoms with Crippen LogP contribution in [0.15, 0.2) is 24.5 Å². The fraction of sp³-hybridized carbons (Fsp3) is 0.429. The van der Waals surface area contributed by atoms with Crippen LogP contribution in [0.4, 0.5) is 5.82 Å². The molecule has 108 valence electrons. The molecule has 0 saturated heterocycles. The lowest BCUT2D eigenvalue weighted by Crippen LogP contribution is -2.31. The SMILES string of the molecule is CCN(CCO)CCNc1ncnc2cc(Cl)ccc12. The van der Waals surface area contributed by atoms with Gasteiger partial charge in [-0.2, -0.15) is 0 Å². The van der Waals surface area contributed by atoms with Gasteiger partial charge >= 0.3 is 0 Å². The minimum Gasteiger partial charge on any atom is -0.395 e. The lowest BCUT2D eigenvalue weighted by Gasteiger charge is -2.19. The van der Waals surface area contributed by atoms with E-state index in [0.29, 0.717) is 11.6 Å². The van der Waals surface area contributed by atoms with Crippen LogP contribution in [0.2, 0.25) is 5.02 Å². The first kappa shape index (κ1) is 15.0. The molecule has 0 radical (unpaired) electrons. The molecule has 0 bridgehead atoms. The van der Waals surface area contributed by atoms with Crippen LogP contribution in [0.3, 0.4) is 0 Å². The Hall–Kier alpha value is -1.43. The molecule has 0 aliphatic rings. The highest BCUT2D eigenvalue weighted by molar-refractivity contribution is 6.31. The number of nitrogens with zero attached hydrogens (tertiary/aromatic N) is 3. The zero-order valence-electron chi connectivity index (χ0n) is 11.5. The van der Waals surface area contributed by atoms with E-state index in [4.69, 9.17) is 16.7 Å². The van der Waals surface area contributed by atoms with Gasteiger partial charge in [0, 0.05) is 30.0 Å². The molecule has 0 amide bonds. The maximum atomic E-state index is 8.96. The predicted molar refractivity (Wildman–Crippen MR) is 82.2 cm³/mol. The highest BCUT2D eigenvalue weighted by Crippen LogP contribution is 2.22. The van der Waals surface area contributed by atoms with Crippen molar-refractivity contribution in [1.29, 1.82) is 0 Å². The number of rotatable bonds is 7. The van der Waals surface area contributed by atoms with Crippen LogP contribution in [-0.2, 0) is 0 Å². The number of fused-ring (bicyclic) bond motifs is 1. The molecule has 0 spiro atoms. The first-order chi connectivity index (χ1) is 9.74. The molecule has 0 unspecified atom stereocenters. The van der Waals surface area contributed by atoms with E-state index in [2.05, 4.69) is 27.1 Å².